The monoisotopic (exact) mass is 358 g/mol. The molecule has 4 nitrogen and oxygen atoms in total. The van der Waals surface area contributed by atoms with Gasteiger partial charge in [-0.2, -0.15) is 0 Å². The number of amides is 1. The maximum atomic E-state index is 12.8. The van der Waals surface area contributed by atoms with E-state index in [1.165, 1.54) is 0 Å². The van der Waals surface area contributed by atoms with Crippen molar-refractivity contribution in [1.82, 2.24) is 5.32 Å². The summed E-state index contributed by atoms with van der Waals surface area (Å²) in [6.07, 6.45) is -0.493. The summed E-state index contributed by atoms with van der Waals surface area (Å²) in [4.78, 5) is 14.6. The van der Waals surface area contributed by atoms with Crippen LogP contribution in [0.25, 0.3) is 0 Å². The Balaban J connectivity index is 1.81. The number of carbonyl (C=O) groups excluding carboxylic acids is 1. The summed E-state index contributed by atoms with van der Waals surface area (Å²) >= 11 is 5.92. The highest BCUT2D eigenvalue weighted by atomic mass is 35.5. The van der Waals surface area contributed by atoms with E-state index >= 15 is 0 Å². The summed E-state index contributed by atoms with van der Waals surface area (Å²) in [6, 6.07) is 15.3. The number of ether oxygens (including phenoxy) is 1. The van der Waals surface area contributed by atoms with Crippen LogP contribution in [0.2, 0.25) is 5.02 Å². The van der Waals surface area contributed by atoms with Crippen LogP contribution in [0.1, 0.15) is 19.4 Å². The Kier molecular flexibility index (Phi) is 5.30. The van der Waals surface area contributed by atoms with Gasteiger partial charge in [-0.3, -0.25) is 4.79 Å². The molecule has 1 aliphatic rings. The highest BCUT2D eigenvalue weighted by molar-refractivity contribution is 6.30. The van der Waals surface area contributed by atoms with Crippen LogP contribution >= 0.6 is 11.6 Å². The molecule has 0 aliphatic carbocycles. The van der Waals surface area contributed by atoms with Crippen molar-refractivity contribution in [3.63, 3.8) is 0 Å². The minimum Gasteiger partial charge on any atom is -0.478 e. The molecule has 0 bridgehead atoms. The molecule has 132 valence electrons. The Hall–Kier alpha value is -2.04. The van der Waals surface area contributed by atoms with Gasteiger partial charge in [0.05, 0.1) is 6.04 Å². The van der Waals surface area contributed by atoms with Crippen molar-refractivity contribution in [3.05, 3.63) is 59.1 Å². The van der Waals surface area contributed by atoms with Gasteiger partial charge in [-0.05, 0) is 42.8 Å². The molecule has 2 aromatic carbocycles. The van der Waals surface area contributed by atoms with Crippen molar-refractivity contribution in [3.8, 4) is 5.75 Å². The fraction of sp³-hybridized carbons (Fsp3) is 0.350. The van der Waals surface area contributed by atoms with Crippen LogP contribution in [0.15, 0.2) is 48.5 Å². The van der Waals surface area contributed by atoms with Crippen molar-refractivity contribution in [2.75, 3.05) is 11.4 Å². The van der Waals surface area contributed by atoms with E-state index in [1.807, 2.05) is 36.1 Å². The largest absolute Gasteiger partial charge is 0.478 e. The van der Waals surface area contributed by atoms with Gasteiger partial charge in [0.25, 0.3) is 5.91 Å². The van der Waals surface area contributed by atoms with Crippen LogP contribution in [0.5, 0.6) is 5.75 Å². The number of nitrogens with one attached hydrogen (secondary N) is 1. The number of hydrogen-bond donors (Lipinski definition) is 1. The van der Waals surface area contributed by atoms with Crippen LogP contribution in [-0.2, 0) is 4.79 Å². The van der Waals surface area contributed by atoms with Crippen molar-refractivity contribution >= 4 is 23.2 Å². The fourth-order valence-corrected chi connectivity index (χ4v) is 3.12. The molecule has 2 aromatic rings. The summed E-state index contributed by atoms with van der Waals surface area (Å²) < 4.78 is 5.96. The summed E-state index contributed by atoms with van der Waals surface area (Å²) in [5.74, 6) is 0.640. The average Bonchev–Trinajstić information content (AvgIpc) is 2.59. The fourth-order valence-electron chi connectivity index (χ4n) is 2.99. The third kappa shape index (κ3) is 3.80. The molecule has 0 aromatic heterocycles. The standard InChI is InChI=1S/C20H23ClN2O2/c1-13(2)22-12-18-19(25-16-10-8-15(21)9-11-16)20(24)23(18)17-7-5-4-6-14(17)3/h4-11,13,18-19,22H,12H2,1-3H3/t18-,19-/m1/s1. The van der Waals surface area contributed by atoms with E-state index in [1.54, 1.807) is 24.3 Å². The number of benzene rings is 2. The molecule has 0 saturated carbocycles. The van der Waals surface area contributed by atoms with Crippen LogP contribution in [0, 0.1) is 6.92 Å². The van der Waals surface area contributed by atoms with E-state index in [4.69, 9.17) is 16.3 Å². The molecule has 2 atom stereocenters. The lowest BCUT2D eigenvalue weighted by atomic mass is 9.94. The van der Waals surface area contributed by atoms with Gasteiger partial charge in [0.15, 0.2) is 6.10 Å². The van der Waals surface area contributed by atoms with E-state index in [9.17, 15) is 4.79 Å². The maximum absolute atomic E-state index is 12.8. The van der Waals surface area contributed by atoms with E-state index in [0.29, 0.717) is 23.4 Å². The van der Waals surface area contributed by atoms with E-state index in [-0.39, 0.29) is 11.9 Å². The number of halogens is 1. The van der Waals surface area contributed by atoms with E-state index in [0.717, 1.165) is 11.3 Å². The van der Waals surface area contributed by atoms with Gasteiger partial charge < -0.3 is 15.0 Å². The predicted molar refractivity (Wildman–Crippen MR) is 101 cm³/mol. The molecule has 0 spiro atoms. The van der Waals surface area contributed by atoms with Gasteiger partial charge in [-0.15, -0.1) is 0 Å². The average molecular weight is 359 g/mol. The molecular weight excluding hydrogens is 336 g/mol. The topological polar surface area (TPSA) is 41.6 Å². The second-order valence-corrected chi connectivity index (χ2v) is 7.05. The van der Waals surface area contributed by atoms with Gasteiger partial charge in [0, 0.05) is 23.3 Å². The van der Waals surface area contributed by atoms with Crippen LogP contribution in [0.3, 0.4) is 0 Å². The molecule has 0 radical (unpaired) electrons. The zero-order valence-corrected chi connectivity index (χ0v) is 15.5. The van der Waals surface area contributed by atoms with E-state index < -0.39 is 6.10 Å². The third-order valence-corrected chi connectivity index (χ3v) is 4.60. The molecule has 1 saturated heterocycles. The Morgan fingerprint density at radius 2 is 1.84 bits per heavy atom. The molecular formula is C20H23ClN2O2. The number of carbonyl (C=O) groups is 1. The molecule has 5 heteroatoms. The molecule has 0 unspecified atom stereocenters. The van der Waals surface area contributed by atoms with Gasteiger partial charge in [-0.1, -0.05) is 43.6 Å². The first-order chi connectivity index (χ1) is 12.0. The number of aryl methyl sites for hydroxylation is 1. The summed E-state index contributed by atoms with van der Waals surface area (Å²) in [5.41, 5.74) is 2.02. The van der Waals surface area contributed by atoms with Crippen molar-refractivity contribution in [1.29, 1.82) is 0 Å². The molecule has 1 heterocycles. The molecule has 1 N–H and O–H groups in total. The first kappa shape index (κ1) is 17.8. The Bertz CT molecular complexity index is 746. The minimum absolute atomic E-state index is 0.0141. The Morgan fingerprint density at radius 3 is 2.48 bits per heavy atom. The number of para-hydroxylation sites is 1. The molecule has 1 fully saturated rings. The smallest absolute Gasteiger partial charge is 0.270 e. The van der Waals surface area contributed by atoms with Gasteiger partial charge in [-0.25, -0.2) is 0 Å². The number of rotatable bonds is 6. The van der Waals surface area contributed by atoms with Gasteiger partial charge in [0.2, 0.25) is 0 Å². The zero-order chi connectivity index (χ0) is 18.0. The summed E-state index contributed by atoms with van der Waals surface area (Å²) in [7, 11) is 0. The van der Waals surface area contributed by atoms with Crippen molar-refractivity contribution < 1.29 is 9.53 Å². The number of anilines is 1. The second kappa shape index (κ2) is 7.46. The molecule has 1 aliphatic heterocycles. The lowest BCUT2D eigenvalue weighted by molar-refractivity contribution is -0.134. The SMILES string of the molecule is Cc1ccccc1N1C(=O)[C@H](Oc2ccc(Cl)cc2)[C@H]1CNC(C)C. The first-order valence-electron chi connectivity index (χ1n) is 8.51. The van der Waals surface area contributed by atoms with Gasteiger partial charge in [0.1, 0.15) is 5.75 Å². The van der Waals surface area contributed by atoms with Crippen LogP contribution in [0.4, 0.5) is 5.69 Å². The predicted octanol–water partition coefficient (Wildman–Crippen LogP) is 3.81. The number of nitrogens with zero attached hydrogens (tertiary/aromatic N) is 1. The summed E-state index contributed by atoms with van der Waals surface area (Å²) in [5, 5.41) is 4.06. The van der Waals surface area contributed by atoms with E-state index in [2.05, 4.69) is 19.2 Å². The molecule has 3 rings (SSSR count). The maximum Gasteiger partial charge on any atom is 0.270 e. The number of β-lactam (4-membered cyclic amide) rings is 1. The van der Waals surface area contributed by atoms with Crippen molar-refractivity contribution in [2.45, 2.75) is 39.0 Å². The lowest BCUT2D eigenvalue weighted by Crippen LogP contribution is -2.70. The lowest BCUT2D eigenvalue weighted by Gasteiger charge is -2.47. The highest BCUT2D eigenvalue weighted by Gasteiger charge is 2.50. The first-order valence-corrected chi connectivity index (χ1v) is 8.89. The van der Waals surface area contributed by atoms with Gasteiger partial charge >= 0.3 is 0 Å². The Morgan fingerprint density at radius 1 is 1.16 bits per heavy atom. The Labute approximate surface area is 153 Å². The van der Waals surface area contributed by atoms with Crippen LogP contribution in [-0.4, -0.2) is 30.6 Å². The zero-order valence-electron chi connectivity index (χ0n) is 14.7. The van der Waals surface area contributed by atoms with Crippen molar-refractivity contribution in [2.24, 2.45) is 0 Å². The number of hydrogen-bond acceptors (Lipinski definition) is 3. The highest BCUT2D eigenvalue weighted by Crippen LogP contribution is 2.33. The summed E-state index contributed by atoms with van der Waals surface area (Å²) in [6.45, 7) is 6.88. The molecule has 1 amide bonds. The minimum atomic E-state index is -0.493. The third-order valence-electron chi connectivity index (χ3n) is 4.35. The quantitative estimate of drug-likeness (QED) is 0.798. The van der Waals surface area contributed by atoms with Crippen LogP contribution < -0.4 is 15.0 Å². The normalized spacial score (nSPS) is 19.9. The molecule has 25 heavy (non-hydrogen) atoms. The second-order valence-electron chi connectivity index (χ2n) is 6.62.